The van der Waals surface area contributed by atoms with Crippen LogP contribution in [0.15, 0.2) is 22.7 Å². The molecule has 0 saturated carbocycles. The van der Waals surface area contributed by atoms with Gasteiger partial charge in [-0.15, -0.1) is 0 Å². The summed E-state index contributed by atoms with van der Waals surface area (Å²) >= 11 is 3.58. The highest BCUT2D eigenvalue weighted by Crippen LogP contribution is 2.27. The van der Waals surface area contributed by atoms with Crippen LogP contribution in [0, 0.1) is 0 Å². The molecule has 1 aromatic rings. The number of benzene rings is 1. The first kappa shape index (κ1) is 11.5. The van der Waals surface area contributed by atoms with Crippen LogP contribution >= 0.6 is 15.9 Å². The zero-order valence-corrected chi connectivity index (χ0v) is 10.7. The summed E-state index contributed by atoms with van der Waals surface area (Å²) in [5.74, 6) is 0. The van der Waals surface area contributed by atoms with Crippen LogP contribution in [0.4, 0.5) is 5.69 Å². The summed E-state index contributed by atoms with van der Waals surface area (Å²) in [6, 6.07) is 6.84. The van der Waals surface area contributed by atoms with Crippen molar-refractivity contribution in [1.29, 1.82) is 0 Å². The van der Waals surface area contributed by atoms with Gasteiger partial charge < -0.3 is 10.2 Å². The maximum Gasteiger partial charge on any atom is 0.0505 e. The van der Waals surface area contributed by atoms with E-state index in [9.17, 15) is 0 Å². The van der Waals surface area contributed by atoms with Crippen LogP contribution in [0.25, 0.3) is 0 Å². The van der Waals surface area contributed by atoms with Crippen LogP contribution in [-0.4, -0.2) is 21.1 Å². The van der Waals surface area contributed by atoms with E-state index in [1.807, 2.05) is 21.1 Å². The number of halogens is 1. The van der Waals surface area contributed by atoms with E-state index < -0.39 is 0 Å². The Labute approximate surface area is 94.4 Å². The summed E-state index contributed by atoms with van der Waals surface area (Å²) in [6.45, 7) is 2.15. The topological polar surface area (TPSA) is 15.3 Å². The minimum absolute atomic E-state index is 0.391. The van der Waals surface area contributed by atoms with Gasteiger partial charge in [-0.2, -0.15) is 0 Å². The predicted octanol–water partition coefficient (Wildman–Crippen LogP) is 2.80. The van der Waals surface area contributed by atoms with Crippen LogP contribution in [0.3, 0.4) is 0 Å². The van der Waals surface area contributed by atoms with Gasteiger partial charge in [0.1, 0.15) is 0 Å². The second-order valence-electron chi connectivity index (χ2n) is 3.62. The van der Waals surface area contributed by atoms with E-state index in [1.54, 1.807) is 0 Å². The molecule has 1 N–H and O–H groups in total. The third kappa shape index (κ3) is 2.49. The Balaban J connectivity index is 3.00. The summed E-state index contributed by atoms with van der Waals surface area (Å²) in [6.07, 6.45) is 0. The van der Waals surface area contributed by atoms with E-state index in [0.717, 1.165) is 4.47 Å². The van der Waals surface area contributed by atoms with Crippen LogP contribution in [0.2, 0.25) is 0 Å². The number of hydrogen-bond acceptors (Lipinski definition) is 2. The van der Waals surface area contributed by atoms with E-state index in [4.69, 9.17) is 0 Å². The zero-order chi connectivity index (χ0) is 10.7. The fourth-order valence-electron chi connectivity index (χ4n) is 1.32. The van der Waals surface area contributed by atoms with Gasteiger partial charge in [0.2, 0.25) is 0 Å². The summed E-state index contributed by atoms with van der Waals surface area (Å²) in [5, 5.41) is 3.22. The number of nitrogens with zero attached hydrogens (tertiary/aromatic N) is 1. The summed E-state index contributed by atoms with van der Waals surface area (Å²) in [4.78, 5) is 2.10. The Morgan fingerprint density at radius 3 is 2.43 bits per heavy atom. The van der Waals surface area contributed by atoms with E-state index in [1.165, 1.54) is 11.3 Å². The first-order chi connectivity index (χ1) is 6.56. The Morgan fingerprint density at radius 1 is 1.36 bits per heavy atom. The van der Waals surface area contributed by atoms with Gasteiger partial charge in [-0.05, 0) is 47.6 Å². The molecule has 0 fully saturated rings. The molecule has 0 radical (unpaired) electrons. The molecule has 0 aliphatic heterocycles. The van der Waals surface area contributed by atoms with Gasteiger partial charge in [0.15, 0.2) is 0 Å². The van der Waals surface area contributed by atoms with E-state index >= 15 is 0 Å². The number of rotatable bonds is 3. The van der Waals surface area contributed by atoms with Crippen LogP contribution in [-0.2, 0) is 0 Å². The van der Waals surface area contributed by atoms with Crippen molar-refractivity contribution in [2.45, 2.75) is 13.0 Å². The molecule has 0 aromatic heterocycles. The molecule has 78 valence electrons. The fraction of sp³-hybridized carbons (Fsp3) is 0.455. The molecule has 3 heteroatoms. The second-order valence-corrected chi connectivity index (χ2v) is 4.47. The molecule has 0 aliphatic carbocycles. The highest BCUT2D eigenvalue weighted by Gasteiger charge is 2.06. The lowest BCUT2D eigenvalue weighted by Gasteiger charge is -2.17. The van der Waals surface area contributed by atoms with Crippen LogP contribution < -0.4 is 10.2 Å². The molecule has 1 aromatic carbocycles. The lowest BCUT2D eigenvalue weighted by Crippen LogP contribution is -2.13. The summed E-state index contributed by atoms with van der Waals surface area (Å²) in [7, 11) is 6.06. The molecule has 0 bridgehead atoms. The Morgan fingerprint density at radius 2 is 2.00 bits per heavy atom. The van der Waals surface area contributed by atoms with Crippen LogP contribution in [0.1, 0.15) is 18.5 Å². The fourth-order valence-corrected chi connectivity index (χ4v) is 2.07. The van der Waals surface area contributed by atoms with Gasteiger partial charge in [-0.25, -0.2) is 0 Å². The maximum atomic E-state index is 3.58. The summed E-state index contributed by atoms with van der Waals surface area (Å²) in [5.41, 5.74) is 2.50. The molecule has 14 heavy (non-hydrogen) atoms. The van der Waals surface area contributed by atoms with Crippen molar-refractivity contribution in [3.63, 3.8) is 0 Å². The number of nitrogens with one attached hydrogen (secondary N) is 1. The molecule has 0 spiro atoms. The van der Waals surface area contributed by atoms with Gasteiger partial charge >= 0.3 is 0 Å². The Kier molecular flexibility index (Phi) is 3.96. The lowest BCUT2D eigenvalue weighted by molar-refractivity contribution is 0.652. The van der Waals surface area contributed by atoms with Gasteiger partial charge in [0.05, 0.1) is 5.69 Å². The van der Waals surface area contributed by atoms with E-state index in [2.05, 4.69) is 51.3 Å². The molecule has 1 atom stereocenters. The molecule has 0 heterocycles. The SMILES string of the molecule is CNC(C)c1ccc(N(C)C)c(Br)c1. The molecule has 0 aliphatic rings. The van der Waals surface area contributed by atoms with Crippen molar-refractivity contribution >= 4 is 21.6 Å². The second kappa shape index (κ2) is 4.80. The number of anilines is 1. The van der Waals surface area contributed by atoms with Gasteiger partial charge in [0.25, 0.3) is 0 Å². The third-order valence-corrected chi connectivity index (χ3v) is 3.02. The minimum atomic E-state index is 0.391. The zero-order valence-electron chi connectivity index (χ0n) is 9.13. The predicted molar refractivity (Wildman–Crippen MR) is 65.9 cm³/mol. The average molecular weight is 257 g/mol. The van der Waals surface area contributed by atoms with Crippen molar-refractivity contribution in [2.24, 2.45) is 0 Å². The molecule has 0 saturated heterocycles. The highest BCUT2D eigenvalue weighted by molar-refractivity contribution is 9.10. The van der Waals surface area contributed by atoms with Crippen molar-refractivity contribution in [3.8, 4) is 0 Å². The van der Waals surface area contributed by atoms with Crippen molar-refractivity contribution in [1.82, 2.24) is 5.32 Å². The first-order valence-corrected chi connectivity index (χ1v) is 5.49. The molecule has 1 rings (SSSR count). The Bertz CT molecular complexity index is 310. The average Bonchev–Trinajstić information content (AvgIpc) is 2.15. The van der Waals surface area contributed by atoms with Gasteiger partial charge in [-0.1, -0.05) is 6.07 Å². The maximum absolute atomic E-state index is 3.58. The quantitative estimate of drug-likeness (QED) is 0.895. The van der Waals surface area contributed by atoms with E-state index in [0.29, 0.717) is 6.04 Å². The molecule has 0 amide bonds. The standard InChI is InChI=1S/C11H17BrN2/c1-8(13-2)9-5-6-11(14(3)4)10(12)7-9/h5-8,13H,1-4H3. The van der Waals surface area contributed by atoms with E-state index in [-0.39, 0.29) is 0 Å². The largest absolute Gasteiger partial charge is 0.377 e. The highest BCUT2D eigenvalue weighted by atomic mass is 79.9. The van der Waals surface area contributed by atoms with Gasteiger partial charge in [0, 0.05) is 24.6 Å². The molecular formula is C11H17BrN2. The molecular weight excluding hydrogens is 240 g/mol. The molecule has 1 unspecified atom stereocenters. The van der Waals surface area contributed by atoms with Crippen molar-refractivity contribution in [3.05, 3.63) is 28.2 Å². The lowest BCUT2D eigenvalue weighted by atomic mass is 10.1. The molecule has 2 nitrogen and oxygen atoms in total. The smallest absolute Gasteiger partial charge is 0.0505 e. The minimum Gasteiger partial charge on any atom is -0.377 e. The normalized spacial score (nSPS) is 12.6. The van der Waals surface area contributed by atoms with Crippen LogP contribution in [0.5, 0.6) is 0 Å². The third-order valence-electron chi connectivity index (χ3n) is 2.39. The monoisotopic (exact) mass is 256 g/mol. The first-order valence-electron chi connectivity index (χ1n) is 4.70. The Hall–Kier alpha value is -0.540. The van der Waals surface area contributed by atoms with Gasteiger partial charge in [-0.3, -0.25) is 0 Å². The van der Waals surface area contributed by atoms with Crippen molar-refractivity contribution in [2.75, 3.05) is 26.0 Å². The van der Waals surface area contributed by atoms with Crippen molar-refractivity contribution < 1.29 is 0 Å². The number of hydrogen-bond donors (Lipinski definition) is 1. The summed E-state index contributed by atoms with van der Waals surface area (Å²) < 4.78 is 1.14.